The van der Waals surface area contributed by atoms with Crippen LogP contribution >= 0.6 is 0 Å². The monoisotopic (exact) mass is 546 g/mol. The molecule has 12 nitrogen and oxygen atoms in total. The summed E-state index contributed by atoms with van der Waals surface area (Å²) in [5.41, 5.74) is 7.03. The number of pyridine rings is 1. The zero-order chi connectivity index (χ0) is 28.6. The quantitative estimate of drug-likeness (QED) is 0.338. The van der Waals surface area contributed by atoms with Crippen molar-refractivity contribution in [3.8, 4) is 17.5 Å². The Morgan fingerprint density at radius 2 is 2.02 bits per heavy atom. The van der Waals surface area contributed by atoms with Gasteiger partial charge in [0.2, 0.25) is 0 Å². The molecule has 1 atom stereocenters. The van der Waals surface area contributed by atoms with Crippen LogP contribution in [0.5, 0.6) is 0 Å². The molecule has 0 bridgehead atoms. The lowest BCUT2D eigenvalue weighted by Crippen LogP contribution is -2.48. The fourth-order valence-electron chi connectivity index (χ4n) is 5.21. The summed E-state index contributed by atoms with van der Waals surface area (Å²) in [4.78, 5) is 20.3. The van der Waals surface area contributed by atoms with Crippen LogP contribution in [0, 0.1) is 11.3 Å². The van der Waals surface area contributed by atoms with Gasteiger partial charge in [-0.05, 0) is 69.0 Å². The first kappa shape index (κ1) is 27.1. The van der Waals surface area contributed by atoms with Crippen molar-refractivity contribution in [3.05, 3.63) is 53.6 Å². The smallest absolute Gasteiger partial charge is 0.252 e. The number of hydrogen-bond acceptors (Lipinski definition) is 9. The number of aliphatic hydroxyl groups is 1. The summed E-state index contributed by atoms with van der Waals surface area (Å²) in [7, 11) is 1.72. The maximum absolute atomic E-state index is 15.4. The molecule has 40 heavy (non-hydrogen) atoms. The van der Waals surface area contributed by atoms with Crippen LogP contribution in [-0.4, -0.2) is 70.2 Å². The average Bonchev–Trinajstić information content (AvgIpc) is 3.56. The van der Waals surface area contributed by atoms with E-state index in [1.807, 2.05) is 17.0 Å². The van der Waals surface area contributed by atoms with Crippen LogP contribution < -0.4 is 10.6 Å². The fraction of sp³-hybridized carbons (Fsp3) is 0.444. The molecular formula is C27H31FN10O2. The largest absolute Gasteiger partial charge is 0.387 e. The van der Waals surface area contributed by atoms with E-state index in [0.29, 0.717) is 46.8 Å². The van der Waals surface area contributed by atoms with E-state index in [-0.39, 0.29) is 24.1 Å². The number of aromatic nitrogens is 7. The number of amides is 1. The number of nitrogens with two attached hydrogens (primary N) is 1. The zero-order valence-corrected chi connectivity index (χ0v) is 22.6. The molecule has 4 aromatic heterocycles. The van der Waals surface area contributed by atoms with Crippen molar-refractivity contribution in [2.75, 3.05) is 11.4 Å². The van der Waals surface area contributed by atoms with Gasteiger partial charge < -0.3 is 15.7 Å². The molecule has 1 aliphatic rings. The maximum Gasteiger partial charge on any atom is 0.252 e. The van der Waals surface area contributed by atoms with Crippen molar-refractivity contribution in [2.24, 2.45) is 12.8 Å². The first-order valence-corrected chi connectivity index (χ1v) is 13.1. The van der Waals surface area contributed by atoms with Gasteiger partial charge in [0, 0.05) is 18.2 Å². The van der Waals surface area contributed by atoms with Gasteiger partial charge in [-0.3, -0.25) is 9.78 Å². The van der Waals surface area contributed by atoms with E-state index in [4.69, 9.17) is 5.73 Å². The Hall–Kier alpha value is -4.44. The molecule has 4 aromatic rings. The third-order valence-electron chi connectivity index (χ3n) is 7.50. The van der Waals surface area contributed by atoms with Crippen molar-refractivity contribution in [2.45, 2.75) is 63.3 Å². The first-order chi connectivity index (χ1) is 19.0. The van der Waals surface area contributed by atoms with E-state index in [1.54, 1.807) is 23.7 Å². The molecule has 1 amide bonds. The molecule has 1 aliphatic carbocycles. The predicted molar refractivity (Wildman–Crippen MR) is 144 cm³/mol. The molecule has 5 rings (SSSR count). The number of tetrazole rings is 1. The maximum atomic E-state index is 15.4. The average molecular weight is 547 g/mol. The van der Waals surface area contributed by atoms with Crippen LogP contribution in [0.15, 0.2) is 36.7 Å². The van der Waals surface area contributed by atoms with E-state index >= 15 is 4.39 Å². The van der Waals surface area contributed by atoms with E-state index in [2.05, 4.69) is 31.6 Å². The minimum Gasteiger partial charge on any atom is -0.387 e. The highest BCUT2D eigenvalue weighted by molar-refractivity contribution is 5.99. The third kappa shape index (κ3) is 5.35. The molecular weight excluding hydrogens is 515 g/mol. The van der Waals surface area contributed by atoms with E-state index in [1.165, 1.54) is 31.0 Å². The van der Waals surface area contributed by atoms with Gasteiger partial charge in [-0.2, -0.15) is 15.2 Å². The molecule has 0 aliphatic heterocycles. The molecule has 4 heterocycles. The lowest BCUT2D eigenvalue weighted by molar-refractivity contribution is -0.000444. The lowest BCUT2D eigenvalue weighted by Gasteiger charge is -2.40. The summed E-state index contributed by atoms with van der Waals surface area (Å²) in [5, 5.41) is 36.5. The van der Waals surface area contributed by atoms with Gasteiger partial charge in [0.1, 0.15) is 12.2 Å². The molecule has 208 valence electrons. The molecule has 1 fully saturated rings. The van der Waals surface area contributed by atoms with E-state index in [0.717, 1.165) is 12.8 Å². The second-order valence-corrected chi connectivity index (χ2v) is 10.8. The van der Waals surface area contributed by atoms with Crippen LogP contribution in [0.4, 0.5) is 10.1 Å². The standard InChI is InChI=1S/C27H31FN10O2/c1-27(2,40)24(28)15-37(18-6-4-17(5-7-18)26-33-35-36(3)34-26)23-11-21(31-14-20(23)25(30)39)22-9-8-19-10-16(12-29)13-32-38(19)22/h8-11,13-14,17-18,24,40H,4-7,15H2,1-3H3,(H2,30,39)/t17?,18?,24-/m1/s1. The Balaban J connectivity index is 1.54. The molecule has 0 saturated heterocycles. The number of halogens is 1. The van der Waals surface area contributed by atoms with Gasteiger partial charge >= 0.3 is 0 Å². The highest BCUT2D eigenvalue weighted by Crippen LogP contribution is 2.37. The summed E-state index contributed by atoms with van der Waals surface area (Å²) < 4.78 is 17.1. The Morgan fingerprint density at radius 1 is 1.27 bits per heavy atom. The lowest BCUT2D eigenvalue weighted by atomic mass is 9.84. The highest BCUT2D eigenvalue weighted by Gasteiger charge is 2.35. The number of carbonyl (C=O) groups is 1. The first-order valence-electron chi connectivity index (χ1n) is 13.1. The topological polar surface area (TPSA) is 164 Å². The number of rotatable bonds is 8. The minimum absolute atomic E-state index is 0.127. The number of nitriles is 1. The van der Waals surface area contributed by atoms with Crippen molar-refractivity contribution in [1.82, 2.24) is 34.8 Å². The molecule has 0 unspecified atom stereocenters. The van der Waals surface area contributed by atoms with Gasteiger partial charge in [-0.15, -0.1) is 10.2 Å². The summed E-state index contributed by atoms with van der Waals surface area (Å²) in [6.45, 7) is 2.70. The summed E-state index contributed by atoms with van der Waals surface area (Å²) in [6.07, 6.45) is 4.13. The van der Waals surface area contributed by atoms with Crippen molar-refractivity contribution < 1.29 is 14.3 Å². The van der Waals surface area contributed by atoms with Gasteiger partial charge in [0.15, 0.2) is 5.82 Å². The Morgan fingerprint density at radius 3 is 2.65 bits per heavy atom. The molecule has 0 radical (unpaired) electrons. The van der Waals surface area contributed by atoms with Gasteiger partial charge in [0.05, 0.1) is 59.1 Å². The highest BCUT2D eigenvalue weighted by atomic mass is 19.1. The molecule has 13 heteroatoms. The molecule has 3 N–H and O–H groups in total. The van der Waals surface area contributed by atoms with Crippen molar-refractivity contribution in [1.29, 1.82) is 5.26 Å². The Labute approximate surface area is 230 Å². The van der Waals surface area contributed by atoms with E-state index < -0.39 is 17.7 Å². The predicted octanol–water partition coefficient (Wildman–Crippen LogP) is 2.53. The van der Waals surface area contributed by atoms with Gasteiger partial charge in [-0.1, -0.05) is 0 Å². The van der Waals surface area contributed by atoms with Crippen LogP contribution in [0.25, 0.3) is 16.9 Å². The normalized spacial score (nSPS) is 18.4. The van der Waals surface area contributed by atoms with Crippen LogP contribution in [0.2, 0.25) is 0 Å². The number of hydrogen-bond donors (Lipinski definition) is 2. The van der Waals surface area contributed by atoms with Crippen LogP contribution in [0.1, 0.15) is 67.2 Å². The second kappa shape index (κ2) is 10.6. The number of alkyl halides is 1. The van der Waals surface area contributed by atoms with E-state index in [9.17, 15) is 15.2 Å². The molecule has 0 spiro atoms. The van der Waals surface area contributed by atoms with Crippen molar-refractivity contribution >= 4 is 17.1 Å². The number of anilines is 1. The third-order valence-corrected chi connectivity index (χ3v) is 7.50. The number of primary amides is 1. The molecule has 1 saturated carbocycles. The summed E-state index contributed by atoms with van der Waals surface area (Å²) in [5.74, 6) is 0.123. The second-order valence-electron chi connectivity index (χ2n) is 10.8. The number of aryl methyl sites for hydroxylation is 1. The van der Waals surface area contributed by atoms with Gasteiger partial charge in [-0.25, -0.2) is 8.91 Å². The summed E-state index contributed by atoms with van der Waals surface area (Å²) in [6, 6.07) is 9.00. The molecule has 0 aromatic carbocycles. The fourth-order valence-corrected chi connectivity index (χ4v) is 5.21. The number of fused-ring (bicyclic) bond motifs is 1. The SMILES string of the molecule is Cn1nnc(C2CCC(N(C[C@@H](F)C(C)(C)O)c3cc(-c4ccc5cc(C#N)cnn45)ncc3C(N)=O)CC2)n1. The Bertz CT molecular complexity index is 1580. The number of carbonyl (C=O) groups excluding carboxylic acids is 1. The minimum atomic E-state index is -1.61. The number of nitrogens with zero attached hydrogens (tertiary/aromatic N) is 9. The Kier molecular flexibility index (Phi) is 7.20. The summed E-state index contributed by atoms with van der Waals surface area (Å²) >= 11 is 0. The van der Waals surface area contributed by atoms with Gasteiger partial charge in [0.25, 0.3) is 5.91 Å². The van der Waals surface area contributed by atoms with Crippen LogP contribution in [0.3, 0.4) is 0 Å². The van der Waals surface area contributed by atoms with Crippen molar-refractivity contribution in [3.63, 3.8) is 0 Å². The zero-order valence-electron chi connectivity index (χ0n) is 22.6. The van der Waals surface area contributed by atoms with Crippen LogP contribution in [-0.2, 0) is 7.05 Å².